The van der Waals surface area contributed by atoms with Crippen LogP contribution in [0.5, 0.6) is 0 Å². The van der Waals surface area contributed by atoms with Gasteiger partial charge in [0.15, 0.2) is 5.82 Å². The average molecular weight is 198 g/mol. The number of hydrogen-bond acceptors (Lipinski definition) is 4. The van der Waals surface area contributed by atoms with E-state index in [4.69, 9.17) is 5.73 Å². The zero-order valence-corrected chi connectivity index (χ0v) is 7.73. The normalized spacial score (nSPS) is 16.6. The summed E-state index contributed by atoms with van der Waals surface area (Å²) in [6.07, 6.45) is 1.42. The summed E-state index contributed by atoms with van der Waals surface area (Å²) in [6, 6.07) is 0.292. The van der Waals surface area contributed by atoms with Crippen LogP contribution in [0.15, 0.2) is 6.33 Å². The van der Waals surface area contributed by atoms with Gasteiger partial charge in [-0.25, -0.2) is 4.98 Å². The highest BCUT2D eigenvalue weighted by atomic mass is 32.2. The van der Waals surface area contributed by atoms with Crippen LogP contribution in [0, 0.1) is 0 Å². The molecule has 1 fully saturated rings. The number of H-pyrrole nitrogens is 1. The molecule has 0 bridgehead atoms. The average Bonchev–Trinajstić information content (AvgIpc) is 2.43. The minimum absolute atomic E-state index is 0.166. The van der Waals surface area contributed by atoms with Gasteiger partial charge in [-0.1, -0.05) is 0 Å². The van der Waals surface area contributed by atoms with E-state index in [0.29, 0.717) is 11.7 Å². The number of aromatic nitrogens is 2. The van der Waals surface area contributed by atoms with Gasteiger partial charge in [-0.05, 0) is 0 Å². The number of carbonyl (C=O) groups is 1. The Morgan fingerprint density at radius 2 is 2.54 bits per heavy atom. The number of amides is 1. The molecule has 0 aliphatic carbocycles. The van der Waals surface area contributed by atoms with E-state index >= 15 is 0 Å². The van der Waals surface area contributed by atoms with E-state index in [-0.39, 0.29) is 11.7 Å². The van der Waals surface area contributed by atoms with E-state index in [1.807, 2.05) is 11.8 Å². The lowest BCUT2D eigenvalue weighted by Crippen LogP contribution is -2.44. The van der Waals surface area contributed by atoms with Gasteiger partial charge in [-0.3, -0.25) is 4.79 Å². The van der Waals surface area contributed by atoms with E-state index in [1.165, 1.54) is 6.33 Å². The van der Waals surface area contributed by atoms with Gasteiger partial charge in [0.25, 0.3) is 5.91 Å². The van der Waals surface area contributed by atoms with E-state index in [2.05, 4.69) is 15.3 Å². The number of nitrogens with one attached hydrogen (secondary N) is 2. The van der Waals surface area contributed by atoms with Gasteiger partial charge in [-0.15, -0.1) is 0 Å². The maximum atomic E-state index is 11.5. The molecule has 0 aromatic carbocycles. The molecule has 1 saturated heterocycles. The highest BCUT2D eigenvalue weighted by Crippen LogP contribution is 2.17. The van der Waals surface area contributed by atoms with Gasteiger partial charge in [0.2, 0.25) is 0 Å². The Morgan fingerprint density at radius 3 is 3.00 bits per heavy atom. The maximum absolute atomic E-state index is 11.5. The van der Waals surface area contributed by atoms with Crippen molar-refractivity contribution in [3.63, 3.8) is 0 Å². The lowest BCUT2D eigenvalue weighted by atomic mass is 10.3. The van der Waals surface area contributed by atoms with Crippen molar-refractivity contribution in [2.45, 2.75) is 6.04 Å². The molecule has 1 aliphatic rings. The first-order chi connectivity index (χ1) is 6.27. The van der Waals surface area contributed by atoms with Crippen LogP contribution in [0.4, 0.5) is 5.82 Å². The fourth-order valence-electron chi connectivity index (χ4n) is 1.06. The third-order valence-corrected chi connectivity index (χ3v) is 3.15. The molecule has 4 N–H and O–H groups in total. The molecule has 2 heterocycles. The van der Waals surface area contributed by atoms with Crippen molar-refractivity contribution in [1.82, 2.24) is 15.3 Å². The second-order valence-corrected chi connectivity index (χ2v) is 3.95. The molecule has 70 valence electrons. The van der Waals surface area contributed by atoms with Crippen molar-refractivity contribution >= 4 is 23.5 Å². The molecular weight excluding hydrogens is 188 g/mol. The molecule has 1 amide bonds. The minimum atomic E-state index is -0.166. The number of carbonyl (C=O) groups excluding carboxylic acids is 1. The number of nitrogens with zero attached hydrogens (tertiary/aromatic N) is 1. The summed E-state index contributed by atoms with van der Waals surface area (Å²) in [5.41, 5.74) is 5.83. The first-order valence-corrected chi connectivity index (χ1v) is 5.10. The molecule has 2 rings (SSSR count). The standard InChI is InChI=1S/C7H10N4OS/c8-6-5(9-3-10-6)7(12)11-4-1-13-2-4/h3-4H,1-2,8H2,(H,9,10)(H,11,12). The quantitative estimate of drug-likeness (QED) is 0.616. The van der Waals surface area contributed by atoms with Gasteiger partial charge in [-0.2, -0.15) is 11.8 Å². The maximum Gasteiger partial charge on any atom is 0.271 e. The van der Waals surface area contributed by atoms with Gasteiger partial charge < -0.3 is 16.0 Å². The van der Waals surface area contributed by atoms with Crippen molar-refractivity contribution in [3.8, 4) is 0 Å². The van der Waals surface area contributed by atoms with Gasteiger partial charge in [0.1, 0.15) is 5.69 Å². The molecule has 1 aliphatic heterocycles. The van der Waals surface area contributed by atoms with Crippen LogP contribution in [-0.4, -0.2) is 33.4 Å². The summed E-state index contributed by atoms with van der Waals surface area (Å²) in [5.74, 6) is 2.06. The predicted octanol–water partition coefficient (Wildman–Crippen LogP) is -0.163. The Bertz CT molecular complexity index is 320. The van der Waals surface area contributed by atoms with Crippen LogP contribution in [0.3, 0.4) is 0 Å². The van der Waals surface area contributed by atoms with Crippen molar-refractivity contribution in [3.05, 3.63) is 12.0 Å². The van der Waals surface area contributed by atoms with Crippen LogP contribution in [0.1, 0.15) is 10.5 Å². The fraction of sp³-hybridized carbons (Fsp3) is 0.429. The second kappa shape index (κ2) is 3.29. The Morgan fingerprint density at radius 1 is 1.77 bits per heavy atom. The first kappa shape index (κ1) is 8.43. The number of hydrogen-bond donors (Lipinski definition) is 3. The molecule has 0 radical (unpaired) electrons. The molecular formula is C7H10N4OS. The molecule has 0 atom stereocenters. The molecule has 13 heavy (non-hydrogen) atoms. The summed E-state index contributed by atoms with van der Waals surface area (Å²) in [6.45, 7) is 0. The summed E-state index contributed by atoms with van der Waals surface area (Å²) in [4.78, 5) is 17.9. The molecule has 0 spiro atoms. The number of rotatable bonds is 2. The molecule has 0 unspecified atom stereocenters. The third-order valence-electron chi connectivity index (χ3n) is 1.87. The largest absolute Gasteiger partial charge is 0.382 e. The SMILES string of the molecule is Nc1nc[nH]c1C(=O)NC1CSC1. The lowest BCUT2D eigenvalue weighted by Gasteiger charge is -2.25. The van der Waals surface area contributed by atoms with Crippen molar-refractivity contribution < 1.29 is 4.79 Å². The van der Waals surface area contributed by atoms with Gasteiger partial charge >= 0.3 is 0 Å². The van der Waals surface area contributed by atoms with Crippen molar-refractivity contribution in [2.24, 2.45) is 0 Å². The Labute approximate surface area is 79.5 Å². The van der Waals surface area contributed by atoms with Gasteiger partial charge in [0.05, 0.1) is 6.33 Å². The monoisotopic (exact) mass is 198 g/mol. The van der Waals surface area contributed by atoms with Crippen LogP contribution in [0.25, 0.3) is 0 Å². The zero-order chi connectivity index (χ0) is 9.26. The molecule has 1 aromatic rings. The van der Waals surface area contributed by atoms with Gasteiger partial charge in [0, 0.05) is 17.5 Å². The van der Waals surface area contributed by atoms with Crippen LogP contribution in [-0.2, 0) is 0 Å². The minimum Gasteiger partial charge on any atom is -0.382 e. The highest BCUT2D eigenvalue weighted by molar-refractivity contribution is 8.00. The van der Waals surface area contributed by atoms with E-state index < -0.39 is 0 Å². The van der Waals surface area contributed by atoms with E-state index in [1.54, 1.807) is 0 Å². The topological polar surface area (TPSA) is 83.8 Å². The molecule has 5 nitrogen and oxygen atoms in total. The van der Waals surface area contributed by atoms with E-state index in [9.17, 15) is 4.79 Å². The van der Waals surface area contributed by atoms with E-state index in [0.717, 1.165) is 11.5 Å². The molecule has 6 heteroatoms. The number of aromatic amines is 1. The number of imidazole rings is 1. The number of nitrogen functional groups attached to an aromatic ring is 1. The first-order valence-electron chi connectivity index (χ1n) is 3.95. The number of anilines is 1. The Hall–Kier alpha value is -1.17. The highest BCUT2D eigenvalue weighted by Gasteiger charge is 2.22. The summed E-state index contributed by atoms with van der Waals surface area (Å²) < 4.78 is 0. The summed E-state index contributed by atoms with van der Waals surface area (Å²) in [7, 11) is 0. The van der Waals surface area contributed by atoms with Crippen molar-refractivity contribution in [1.29, 1.82) is 0 Å². The Kier molecular flexibility index (Phi) is 2.13. The molecule has 1 aromatic heterocycles. The number of nitrogens with two attached hydrogens (primary N) is 1. The van der Waals surface area contributed by atoms with Crippen LogP contribution >= 0.6 is 11.8 Å². The fourth-order valence-corrected chi connectivity index (χ4v) is 1.70. The third kappa shape index (κ3) is 1.62. The lowest BCUT2D eigenvalue weighted by molar-refractivity contribution is 0.0939. The second-order valence-electron chi connectivity index (χ2n) is 2.87. The smallest absolute Gasteiger partial charge is 0.271 e. The molecule has 0 saturated carbocycles. The summed E-state index contributed by atoms with van der Waals surface area (Å²) >= 11 is 1.82. The van der Waals surface area contributed by atoms with Crippen LogP contribution in [0.2, 0.25) is 0 Å². The van der Waals surface area contributed by atoms with Crippen LogP contribution < -0.4 is 11.1 Å². The zero-order valence-electron chi connectivity index (χ0n) is 6.91. The summed E-state index contributed by atoms with van der Waals surface area (Å²) in [5, 5.41) is 2.85. The Balaban J connectivity index is 2.00. The van der Waals surface area contributed by atoms with Crippen molar-refractivity contribution in [2.75, 3.05) is 17.2 Å². The predicted molar refractivity (Wildman–Crippen MR) is 51.6 cm³/mol. The number of thioether (sulfide) groups is 1.